The fourth-order valence-corrected chi connectivity index (χ4v) is 2.83. The number of phenols is 1. The molecule has 0 aliphatic carbocycles. The zero-order chi connectivity index (χ0) is 20.2. The van der Waals surface area contributed by atoms with Gasteiger partial charge in [0.15, 0.2) is 0 Å². The number of aromatic hydroxyl groups is 1. The maximum atomic E-state index is 12.4. The van der Waals surface area contributed by atoms with Crippen LogP contribution in [0.25, 0.3) is 0 Å². The maximum absolute atomic E-state index is 12.4. The second-order valence-electron chi connectivity index (χ2n) is 7.59. The van der Waals surface area contributed by atoms with E-state index < -0.39 is 6.10 Å². The van der Waals surface area contributed by atoms with E-state index in [2.05, 4.69) is 10.6 Å². The predicted molar refractivity (Wildman–Crippen MR) is 106 cm³/mol. The van der Waals surface area contributed by atoms with Gasteiger partial charge in [-0.25, -0.2) is 0 Å². The molecule has 0 aromatic heterocycles. The first-order chi connectivity index (χ1) is 12.6. The van der Waals surface area contributed by atoms with Gasteiger partial charge < -0.3 is 25.6 Å². The fraction of sp³-hybridized carbons (Fsp3) is 0.381. The number of amides is 1. The van der Waals surface area contributed by atoms with Crippen molar-refractivity contribution in [3.63, 3.8) is 0 Å². The molecule has 2 aromatic carbocycles. The Bertz CT molecular complexity index is 782. The standard InChI is InChI=1S/C21H28N2O4/c1-13(23-21(2,3)4)19(25)15-8-11-18(24)17(12-15)22-20(26)14-6-9-16(27-5)10-7-14/h6-13,19,23-25H,1-5H3,(H,22,26). The summed E-state index contributed by atoms with van der Waals surface area (Å²) >= 11 is 0. The molecule has 27 heavy (non-hydrogen) atoms. The average molecular weight is 372 g/mol. The first-order valence-corrected chi connectivity index (χ1v) is 8.85. The van der Waals surface area contributed by atoms with E-state index in [4.69, 9.17) is 4.74 Å². The van der Waals surface area contributed by atoms with Gasteiger partial charge in [-0.1, -0.05) is 6.07 Å². The third-order valence-electron chi connectivity index (χ3n) is 4.10. The molecule has 6 heteroatoms. The zero-order valence-electron chi connectivity index (χ0n) is 16.4. The highest BCUT2D eigenvalue weighted by Crippen LogP contribution is 2.29. The Morgan fingerprint density at radius 1 is 1.11 bits per heavy atom. The number of ether oxygens (including phenoxy) is 1. The quantitative estimate of drug-likeness (QED) is 0.583. The van der Waals surface area contributed by atoms with Gasteiger partial charge in [0, 0.05) is 17.1 Å². The van der Waals surface area contributed by atoms with Crippen LogP contribution in [0.5, 0.6) is 11.5 Å². The van der Waals surface area contributed by atoms with E-state index in [1.165, 1.54) is 6.07 Å². The molecule has 146 valence electrons. The minimum Gasteiger partial charge on any atom is -0.506 e. The van der Waals surface area contributed by atoms with E-state index >= 15 is 0 Å². The van der Waals surface area contributed by atoms with E-state index in [0.29, 0.717) is 16.9 Å². The van der Waals surface area contributed by atoms with E-state index in [1.807, 2.05) is 27.7 Å². The lowest BCUT2D eigenvalue weighted by atomic mass is 9.99. The van der Waals surface area contributed by atoms with Crippen LogP contribution in [0.2, 0.25) is 0 Å². The number of anilines is 1. The molecule has 0 spiro atoms. The third kappa shape index (κ3) is 5.70. The maximum Gasteiger partial charge on any atom is 0.255 e. The number of methoxy groups -OCH3 is 1. The van der Waals surface area contributed by atoms with Gasteiger partial charge in [-0.15, -0.1) is 0 Å². The number of nitrogens with one attached hydrogen (secondary N) is 2. The number of phenolic OH excluding ortho intramolecular Hbond substituents is 1. The van der Waals surface area contributed by atoms with Crippen LogP contribution >= 0.6 is 0 Å². The van der Waals surface area contributed by atoms with Crippen molar-refractivity contribution in [1.82, 2.24) is 5.32 Å². The van der Waals surface area contributed by atoms with E-state index in [-0.39, 0.29) is 28.9 Å². The summed E-state index contributed by atoms with van der Waals surface area (Å²) in [6.45, 7) is 7.95. The van der Waals surface area contributed by atoms with Crippen LogP contribution in [-0.4, -0.2) is 34.8 Å². The van der Waals surface area contributed by atoms with Gasteiger partial charge >= 0.3 is 0 Å². The van der Waals surface area contributed by atoms with Crippen molar-refractivity contribution >= 4 is 11.6 Å². The number of carbonyl (C=O) groups is 1. The van der Waals surface area contributed by atoms with Crippen molar-refractivity contribution in [3.05, 3.63) is 53.6 Å². The lowest BCUT2D eigenvalue weighted by molar-refractivity contribution is 0.102. The molecule has 0 fully saturated rings. The summed E-state index contributed by atoms with van der Waals surface area (Å²) in [5, 5.41) is 26.7. The normalized spacial score (nSPS) is 13.7. The van der Waals surface area contributed by atoms with Gasteiger partial charge in [0.2, 0.25) is 0 Å². The molecule has 1 amide bonds. The van der Waals surface area contributed by atoms with Gasteiger partial charge in [-0.2, -0.15) is 0 Å². The second kappa shape index (κ2) is 8.41. The van der Waals surface area contributed by atoms with Crippen molar-refractivity contribution < 1.29 is 19.7 Å². The highest BCUT2D eigenvalue weighted by atomic mass is 16.5. The van der Waals surface area contributed by atoms with Crippen molar-refractivity contribution in [2.45, 2.75) is 45.4 Å². The Kier molecular flexibility index (Phi) is 6.46. The zero-order valence-corrected chi connectivity index (χ0v) is 16.4. The number of rotatable bonds is 6. The molecule has 0 saturated carbocycles. The summed E-state index contributed by atoms with van der Waals surface area (Å²) in [4.78, 5) is 12.4. The lowest BCUT2D eigenvalue weighted by Gasteiger charge is -2.29. The van der Waals surface area contributed by atoms with E-state index in [0.717, 1.165) is 0 Å². The number of carbonyl (C=O) groups excluding carboxylic acids is 1. The Morgan fingerprint density at radius 2 is 1.74 bits per heavy atom. The van der Waals surface area contributed by atoms with Crippen LogP contribution in [0.15, 0.2) is 42.5 Å². The Labute approximate surface area is 160 Å². The minimum atomic E-state index is -0.790. The molecule has 0 radical (unpaired) electrons. The molecule has 0 heterocycles. The number of aliphatic hydroxyl groups is 1. The van der Waals surface area contributed by atoms with Gasteiger partial charge in [-0.05, 0) is 69.7 Å². The Hall–Kier alpha value is -2.57. The first-order valence-electron chi connectivity index (χ1n) is 8.85. The molecule has 0 bridgehead atoms. The van der Waals surface area contributed by atoms with Crippen molar-refractivity contribution in [2.24, 2.45) is 0 Å². The molecule has 2 atom stereocenters. The summed E-state index contributed by atoms with van der Waals surface area (Å²) in [6, 6.07) is 11.1. The van der Waals surface area contributed by atoms with Crippen molar-refractivity contribution in [2.75, 3.05) is 12.4 Å². The molecular weight excluding hydrogens is 344 g/mol. The number of hydrogen-bond acceptors (Lipinski definition) is 5. The summed E-state index contributed by atoms with van der Waals surface area (Å²) in [7, 11) is 1.55. The largest absolute Gasteiger partial charge is 0.506 e. The van der Waals surface area contributed by atoms with Crippen molar-refractivity contribution in [1.29, 1.82) is 0 Å². The van der Waals surface area contributed by atoms with E-state index in [1.54, 1.807) is 43.5 Å². The summed E-state index contributed by atoms with van der Waals surface area (Å²) in [5.41, 5.74) is 1.13. The molecule has 2 rings (SSSR count). The summed E-state index contributed by atoms with van der Waals surface area (Å²) in [5.74, 6) is 0.226. The number of aliphatic hydroxyl groups excluding tert-OH is 1. The SMILES string of the molecule is COc1ccc(C(=O)Nc2cc(C(O)C(C)NC(C)(C)C)ccc2O)cc1. The second-order valence-corrected chi connectivity index (χ2v) is 7.59. The van der Waals surface area contributed by atoms with Crippen LogP contribution in [0.3, 0.4) is 0 Å². The molecule has 2 unspecified atom stereocenters. The van der Waals surface area contributed by atoms with Crippen LogP contribution in [0.1, 0.15) is 49.7 Å². The van der Waals surface area contributed by atoms with E-state index in [9.17, 15) is 15.0 Å². The van der Waals surface area contributed by atoms with Crippen LogP contribution in [0, 0.1) is 0 Å². The molecular formula is C21H28N2O4. The predicted octanol–water partition coefficient (Wildman–Crippen LogP) is 3.46. The van der Waals surface area contributed by atoms with Crippen LogP contribution < -0.4 is 15.4 Å². The summed E-state index contributed by atoms with van der Waals surface area (Å²) < 4.78 is 5.08. The molecule has 0 saturated heterocycles. The van der Waals surface area contributed by atoms with Crippen molar-refractivity contribution in [3.8, 4) is 11.5 Å². The van der Waals surface area contributed by atoms with Gasteiger partial charge in [-0.3, -0.25) is 4.79 Å². The minimum absolute atomic E-state index is 0.0655. The van der Waals surface area contributed by atoms with Crippen LogP contribution in [0.4, 0.5) is 5.69 Å². The Morgan fingerprint density at radius 3 is 2.30 bits per heavy atom. The third-order valence-corrected chi connectivity index (χ3v) is 4.10. The monoisotopic (exact) mass is 372 g/mol. The highest BCUT2D eigenvalue weighted by Gasteiger charge is 2.22. The number of benzene rings is 2. The molecule has 0 aliphatic rings. The van der Waals surface area contributed by atoms with Gasteiger partial charge in [0.05, 0.1) is 18.9 Å². The van der Waals surface area contributed by atoms with Gasteiger partial charge in [0.1, 0.15) is 11.5 Å². The highest BCUT2D eigenvalue weighted by molar-refractivity contribution is 6.05. The number of hydrogen-bond donors (Lipinski definition) is 4. The molecule has 0 aliphatic heterocycles. The molecule has 2 aromatic rings. The smallest absolute Gasteiger partial charge is 0.255 e. The van der Waals surface area contributed by atoms with Crippen LogP contribution in [-0.2, 0) is 0 Å². The molecule has 4 N–H and O–H groups in total. The molecule has 6 nitrogen and oxygen atoms in total. The van der Waals surface area contributed by atoms with Gasteiger partial charge in [0.25, 0.3) is 5.91 Å². The first kappa shape index (κ1) is 20.7. The topological polar surface area (TPSA) is 90.8 Å². The fourth-order valence-electron chi connectivity index (χ4n) is 2.83. The average Bonchev–Trinajstić information content (AvgIpc) is 2.61. The lowest BCUT2D eigenvalue weighted by Crippen LogP contribution is -2.44. The Balaban J connectivity index is 2.17. The summed E-state index contributed by atoms with van der Waals surface area (Å²) in [6.07, 6.45) is -0.790.